The highest BCUT2D eigenvalue weighted by atomic mass is 19.1. The molecule has 6 nitrogen and oxygen atoms in total. The molecule has 1 heterocycles. The molecule has 2 aromatic carbocycles. The van der Waals surface area contributed by atoms with Gasteiger partial charge in [0, 0.05) is 50.3 Å². The molecule has 1 saturated heterocycles. The summed E-state index contributed by atoms with van der Waals surface area (Å²) in [6.07, 6.45) is 0.758. The molecule has 0 atom stereocenters. The Kier molecular flexibility index (Phi) is 7.33. The first-order valence-electron chi connectivity index (χ1n) is 10.2. The minimum Gasteiger partial charge on any atom is -0.352 e. The van der Waals surface area contributed by atoms with Gasteiger partial charge in [0.1, 0.15) is 11.6 Å². The van der Waals surface area contributed by atoms with E-state index in [0.29, 0.717) is 55.8 Å². The van der Waals surface area contributed by atoms with Gasteiger partial charge in [0.2, 0.25) is 5.91 Å². The van der Waals surface area contributed by atoms with E-state index >= 15 is 0 Å². The van der Waals surface area contributed by atoms with E-state index in [4.69, 9.17) is 0 Å². The highest BCUT2D eigenvalue weighted by molar-refractivity contribution is 5.95. The van der Waals surface area contributed by atoms with Gasteiger partial charge in [-0.15, -0.1) is 0 Å². The molecule has 0 unspecified atom stereocenters. The second-order valence-corrected chi connectivity index (χ2v) is 7.50. The number of benzene rings is 2. The minimum absolute atomic E-state index is 0.0375. The molecule has 0 radical (unpaired) electrons. The van der Waals surface area contributed by atoms with Crippen molar-refractivity contribution in [3.63, 3.8) is 0 Å². The van der Waals surface area contributed by atoms with Crippen LogP contribution in [0.15, 0.2) is 42.5 Å². The largest absolute Gasteiger partial charge is 0.352 e. The van der Waals surface area contributed by atoms with Gasteiger partial charge in [-0.3, -0.25) is 14.4 Å². The summed E-state index contributed by atoms with van der Waals surface area (Å²) in [4.78, 5) is 40.2. The Balaban J connectivity index is 1.39. The summed E-state index contributed by atoms with van der Waals surface area (Å²) in [6, 6.07) is 9.69. The second-order valence-electron chi connectivity index (χ2n) is 7.50. The standard InChI is InChI=1S/C23H25F2N3O3/c1-16-4-5-18(15-20(16)25)23(31)28-13-11-27(12-14-28)21(29)3-2-10-26-22(30)17-6-8-19(24)9-7-17/h4-9,15H,2-3,10-14H2,1H3,(H,26,30). The van der Waals surface area contributed by atoms with Crippen LogP contribution in [0.1, 0.15) is 39.1 Å². The molecule has 0 aliphatic carbocycles. The van der Waals surface area contributed by atoms with E-state index in [1.807, 2.05) is 0 Å². The van der Waals surface area contributed by atoms with Crippen LogP contribution >= 0.6 is 0 Å². The van der Waals surface area contributed by atoms with E-state index < -0.39 is 11.6 Å². The Bertz CT molecular complexity index is 955. The van der Waals surface area contributed by atoms with Crippen LogP contribution in [0.5, 0.6) is 0 Å². The zero-order chi connectivity index (χ0) is 22.4. The van der Waals surface area contributed by atoms with Crippen molar-refractivity contribution in [3.8, 4) is 0 Å². The highest BCUT2D eigenvalue weighted by Gasteiger charge is 2.25. The maximum atomic E-state index is 13.7. The smallest absolute Gasteiger partial charge is 0.254 e. The molecular weight excluding hydrogens is 404 g/mol. The van der Waals surface area contributed by atoms with Gasteiger partial charge in [0.05, 0.1) is 0 Å². The van der Waals surface area contributed by atoms with Gasteiger partial charge in [0.25, 0.3) is 11.8 Å². The number of nitrogens with zero attached hydrogens (tertiary/aromatic N) is 2. The molecule has 0 bridgehead atoms. The number of piperazine rings is 1. The van der Waals surface area contributed by atoms with Gasteiger partial charge in [-0.1, -0.05) is 6.07 Å². The highest BCUT2D eigenvalue weighted by Crippen LogP contribution is 2.14. The molecule has 1 aliphatic rings. The number of carbonyl (C=O) groups is 3. The zero-order valence-electron chi connectivity index (χ0n) is 17.4. The molecule has 31 heavy (non-hydrogen) atoms. The Morgan fingerprint density at radius 3 is 2.16 bits per heavy atom. The molecule has 0 spiro atoms. The fourth-order valence-corrected chi connectivity index (χ4v) is 3.37. The van der Waals surface area contributed by atoms with Gasteiger partial charge in [-0.05, 0) is 55.3 Å². The van der Waals surface area contributed by atoms with Crippen LogP contribution in [0.2, 0.25) is 0 Å². The van der Waals surface area contributed by atoms with Crippen molar-refractivity contribution in [2.24, 2.45) is 0 Å². The molecule has 8 heteroatoms. The quantitative estimate of drug-likeness (QED) is 0.718. The lowest BCUT2D eigenvalue weighted by Gasteiger charge is -2.35. The third-order valence-electron chi connectivity index (χ3n) is 5.30. The number of halogens is 2. The van der Waals surface area contributed by atoms with Gasteiger partial charge in [-0.2, -0.15) is 0 Å². The topological polar surface area (TPSA) is 69.7 Å². The maximum absolute atomic E-state index is 13.7. The molecule has 164 valence electrons. The van der Waals surface area contributed by atoms with E-state index in [1.165, 1.54) is 30.3 Å². The van der Waals surface area contributed by atoms with Crippen molar-refractivity contribution in [2.75, 3.05) is 32.7 Å². The second kappa shape index (κ2) is 10.1. The third kappa shape index (κ3) is 5.87. The normalized spacial score (nSPS) is 13.8. The number of hydrogen-bond donors (Lipinski definition) is 1. The Morgan fingerprint density at radius 2 is 1.52 bits per heavy atom. The first-order valence-corrected chi connectivity index (χ1v) is 10.2. The first-order chi connectivity index (χ1) is 14.8. The number of aryl methyl sites for hydroxylation is 1. The summed E-state index contributed by atoms with van der Waals surface area (Å²) < 4.78 is 26.6. The summed E-state index contributed by atoms with van der Waals surface area (Å²) in [5.74, 6) is -1.41. The molecule has 3 amide bonds. The summed E-state index contributed by atoms with van der Waals surface area (Å²) >= 11 is 0. The minimum atomic E-state index is -0.411. The molecule has 0 aromatic heterocycles. The molecule has 1 fully saturated rings. The van der Waals surface area contributed by atoms with Gasteiger partial charge in [0.15, 0.2) is 0 Å². The Morgan fingerprint density at radius 1 is 0.903 bits per heavy atom. The van der Waals surface area contributed by atoms with Crippen molar-refractivity contribution in [2.45, 2.75) is 19.8 Å². The van der Waals surface area contributed by atoms with Crippen LogP contribution in [0, 0.1) is 18.6 Å². The lowest BCUT2D eigenvalue weighted by atomic mass is 10.1. The predicted molar refractivity (Wildman–Crippen MR) is 112 cm³/mol. The summed E-state index contributed by atoms with van der Waals surface area (Å²) in [6.45, 7) is 3.59. The van der Waals surface area contributed by atoms with Crippen molar-refractivity contribution < 1.29 is 23.2 Å². The number of nitrogens with one attached hydrogen (secondary N) is 1. The van der Waals surface area contributed by atoms with Crippen LogP contribution in [0.3, 0.4) is 0 Å². The average Bonchev–Trinajstić information content (AvgIpc) is 2.78. The fourth-order valence-electron chi connectivity index (χ4n) is 3.37. The Labute approximate surface area is 179 Å². The lowest BCUT2D eigenvalue weighted by Crippen LogP contribution is -2.50. The molecule has 2 aromatic rings. The SMILES string of the molecule is Cc1ccc(C(=O)N2CCN(C(=O)CCCNC(=O)c3ccc(F)cc3)CC2)cc1F. The number of rotatable bonds is 6. The molecule has 1 N–H and O–H groups in total. The van der Waals surface area contributed by atoms with Crippen LogP contribution < -0.4 is 5.32 Å². The average molecular weight is 429 g/mol. The number of hydrogen-bond acceptors (Lipinski definition) is 3. The van der Waals surface area contributed by atoms with E-state index in [-0.39, 0.29) is 24.1 Å². The lowest BCUT2D eigenvalue weighted by molar-refractivity contribution is -0.132. The molecule has 0 saturated carbocycles. The summed E-state index contributed by atoms with van der Waals surface area (Å²) in [5, 5.41) is 2.71. The van der Waals surface area contributed by atoms with Crippen molar-refractivity contribution >= 4 is 17.7 Å². The van der Waals surface area contributed by atoms with Crippen LogP contribution in [0.4, 0.5) is 8.78 Å². The maximum Gasteiger partial charge on any atom is 0.254 e. The van der Waals surface area contributed by atoms with E-state index in [1.54, 1.807) is 28.9 Å². The van der Waals surface area contributed by atoms with Crippen molar-refractivity contribution in [3.05, 3.63) is 70.8 Å². The van der Waals surface area contributed by atoms with Crippen molar-refractivity contribution in [1.82, 2.24) is 15.1 Å². The molecular formula is C23H25F2N3O3. The first kappa shape index (κ1) is 22.4. The van der Waals surface area contributed by atoms with E-state index in [9.17, 15) is 23.2 Å². The van der Waals surface area contributed by atoms with Crippen molar-refractivity contribution in [1.29, 1.82) is 0 Å². The summed E-state index contributed by atoms with van der Waals surface area (Å²) in [5.41, 5.74) is 1.16. The van der Waals surface area contributed by atoms with E-state index in [0.717, 1.165) is 0 Å². The monoisotopic (exact) mass is 429 g/mol. The predicted octanol–water partition coefficient (Wildman–Crippen LogP) is 2.77. The fraction of sp³-hybridized carbons (Fsp3) is 0.348. The van der Waals surface area contributed by atoms with Crippen LogP contribution in [-0.4, -0.2) is 60.2 Å². The van der Waals surface area contributed by atoms with Gasteiger partial charge in [-0.25, -0.2) is 8.78 Å². The summed E-state index contributed by atoms with van der Waals surface area (Å²) in [7, 11) is 0. The Hall–Kier alpha value is -3.29. The van der Waals surface area contributed by atoms with Gasteiger partial charge >= 0.3 is 0 Å². The molecule has 3 rings (SSSR count). The van der Waals surface area contributed by atoms with Crippen LogP contribution in [0.25, 0.3) is 0 Å². The van der Waals surface area contributed by atoms with E-state index in [2.05, 4.69) is 5.32 Å². The van der Waals surface area contributed by atoms with Crippen LogP contribution in [-0.2, 0) is 4.79 Å². The zero-order valence-corrected chi connectivity index (χ0v) is 17.4. The third-order valence-corrected chi connectivity index (χ3v) is 5.30. The molecule has 1 aliphatic heterocycles. The number of amides is 3. The number of carbonyl (C=O) groups excluding carboxylic acids is 3. The van der Waals surface area contributed by atoms with Gasteiger partial charge < -0.3 is 15.1 Å².